The van der Waals surface area contributed by atoms with Crippen molar-refractivity contribution in [3.63, 3.8) is 0 Å². The molecular weight excluding hydrogens is 302 g/mol. The topological polar surface area (TPSA) is 59.3 Å². The predicted octanol–water partition coefficient (Wildman–Crippen LogP) is 4.14. The van der Waals surface area contributed by atoms with Crippen LogP contribution < -0.4 is 9.47 Å². The number of benzene rings is 2. The molecule has 0 aliphatic heterocycles. The normalized spacial score (nSPS) is 10.1. The Morgan fingerprint density at radius 3 is 2.38 bits per heavy atom. The summed E-state index contributed by atoms with van der Waals surface area (Å²) in [5.41, 5.74) is 4.34. The zero-order chi connectivity index (χ0) is 17.7. The Balaban J connectivity index is 2.18. The Hall–Kier alpha value is -2.80. The minimum Gasteiger partial charge on any atom is -0.490 e. The first-order valence-electron chi connectivity index (χ1n) is 7.87. The van der Waals surface area contributed by atoms with Gasteiger partial charge in [0.25, 0.3) is 0 Å². The van der Waals surface area contributed by atoms with E-state index < -0.39 is 0 Å². The second-order valence-corrected chi connectivity index (χ2v) is 5.67. The quantitative estimate of drug-likeness (QED) is 0.750. The lowest BCUT2D eigenvalue weighted by atomic mass is 9.98. The third-order valence-corrected chi connectivity index (χ3v) is 3.87. The number of aryl methyl sites for hydroxylation is 3. The van der Waals surface area contributed by atoms with Gasteiger partial charge in [-0.3, -0.25) is 4.79 Å². The highest BCUT2D eigenvalue weighted by atomic mass is 16.5. The molecule has 0 radical (unpaired) electrons. The molecule has 0 saturated carbocycles. The van der Waals surface area contributed by atoms with Crippen LogP contribution in [0.25, 0.3) is 0 Å². The molecule has 0 spiro atoms. The molecule has 4 nitrogen and oxygen atoms in total. The Labute approximate surface area is 142 Å². The number of carbonyl (C=O) groups excluding carboxylic acids is 1. The van der Waals surface area contributed by atoms with Gasteiger partial charge in [-0.1, -0.05) is 6.07 Å². The number of ketones is 1. The molecule has 0 aliphatic carbocycles. The molecular formula is C20H21NO3. The Morgan fingerprint density at radius 1 is 1.00 bits per heavy atom. The second-order valence-electron chi connectivity index (χ2n) is 5.67. The van der Waals surface area contributed by atoms with Crippen molar-refractivity contribution in [2.75, 3.05) is 13.2 Å². The molecule has 2 aromatic carbocycles. The van der Waals surface area contributed by atoms with Crippen LogP contribution in [0.2, 0.25) is 0 Å². The fourth-order valence-corrected chi connectivity index (χ4v) is 2.45. The highest BCUT2D eigenvalue weighted by Crippen LogP contribution is 2.28. The summed E-state index contributed by atoms with van der Waals surface area (Å²) in [7, 11) is 0. The highest BCUT2D eigenvalue weighted by Gasteiger charge is 2.13. The molecule has 0 atom stereocenters. The molecule has 2 aromatic rings. The Kier molecular flexibility index (Phi) is 5.59. The van der Waals surface area contributed by atoms with Crippen molar-refractivity contribution in [1.29, 1.82) is 5.26 Å². The molecule has 4 heteroatoms. The van der Waals surface area contributed by atoms with Crippen molar-refractivity contribution in [2.45, 2.75) is 27.7 Å². The molecule has 2 rings (SSSR count). The molecule has 0 heterocycles. The summed E-state index contributed by atoms with van der Waals surface area (Å²) in [6, 6.07) is 10.9. The lowest BCUT2D eigenvalue weighted by Gasteiger charge is -2.13. The average Bonchev–Trinajstić information content (AvgIpc) is 2.56. The first kappa shape index (κ1) is 17.6. The Bertz CT molecular complexity index is 803. The number of hydrogen-bond donors (Lipinski definition) is 0. The van der Waals surface area contributed by atoms with Crippen LogP contribution in [-0.2, 0) is 0 Å². The minimum absolute atomic E-state index is 0.0741. The molecule has 0 saturated heterocycles. The van der Waals surface area contributed by atoms with Crippen LogP contribution in [0.5, 0.6) is 11.5 Å². The lowest BCUT2D eigenvalue weighted by molar-refractivity contribution is 0.0918. The van der Waals surface area contributed by atoms with E-state index in [1.165, 1.54) is 0 Å². The Morgan fingerprint density at radius 2 is 1.71 bits per heavy atom. The van der Waals surface area contributed by atoms with Crippen LogP contribution in [0.15, 0.2) is 30.3 Å². The van der Waals surface area contributed by atoms with Crippen molar-refractivity contribution < 1.29 is 14.3 Å². The van der Waals surface area contributed by atoms with E-state index >= 15 is 0 Å². The number of nitriles is 1. The summed E-state index contributed by atoms with van der Waals surface area (Å²) in [4.78, 5) is 12.5. The van der Waals surface area contributed by atoms with Crippen LogP contribution in [0.4, 0.5) is 0 Å². The zero-order valence-electron chi connectivity index (χ0n) is 14.5. The molecule has 0 fully saturated rings. The molecule has 0 unspecified atom stereocenters. The van der Waals surface area contributed by atoms with E-state index in [1.807, 2.05) is 39.8 Å². The van der Waals surface area contributed by atoms with Crippen LogP contribution in [0, 0.1) is 32.1 Å². The third-order valence-electron chi connectivity index (χ3n) is 3.87. The van der Waals surface area contributed by atoms with E-state index in [-0.39, 0.29) is 12.4 Å². The smallest absolute Gasteiger partial charge is 0.200 e. The van der Waals surface area contributed by atoms with Gasteiger partial charge >= 0.3 is 0 Å². The zero-order valence-corrected chi connectivity index (χ0v) is 14.5. The van der Waals surface area contributed by atoms with Crippen molar-refractivity contribution >= 4 is 5.78 Å². The molecule has 0 aromatic heterocycles. The summed E-state index contributed by atoms with van der Waals surface area (Å²) in [5.74, 6) is 0.856. The van der Waals surface area contributed by atoms with Crippen LogP contribution >= 0.6 is 0 Å². The van der Waals surface area contributed by atoms with E-state index in [0.717, 1.165) is 16.7 Å². The summed E-state index contributed by atoms with van der Waals surface area (Å²) in [6.45, 7) is 8.17. The number of nitrogens with zero attached hydrogens (tertiary/aromatic N) is 1. The van der Waals surface area contributed by atoms with Crippen molar-refractivity contribution in [3.8, 4) is 17.6 Å². The molecule has 124 valence electrons. The monoisotopic (exact) mass is 323 g/mol. The summed E-state index contributed by atoms with van der Waals surface area (Å²) in [5, 5.41) is 8.97. The molecule has 0 amide bonds. The van der Waals surface area contributed by atoms with E-state index in [4.69, 9.17) is 14.7 Å². The molecule has 0 bridgehead atoms. The van der Waals surface area contributed by atoms with Crippen molar-refractivity contribution in [1.82, 2.24) is 0 Å². The van der Waals surface area contributed by atoms with E-state index in [9.17, 15) is 4.79 Å². The second kappa shape index (κ2) is 7.65. The fourth-order valence-electron chi connectivity index (χ4n) is 2.45. The van der Waals surface area contributed by atoms with Crippen LogP contribution in [-0.4, -0.2) is 19.0 Å². The van der Waals surface area contributed by atoms with Gasteiger partial charge in [-0.15, -0.1) is 0 Å². The first-order valence-corrected chi connectivity index (χ1v) is 7.87. The largest absolute Gasteiger partial charge is 0.490 e. The maximum atomic E-state index is 12.5. The minimum atomic E-state index is -0.0811. The highest BCUT2D eigenvalue weighted by molar-refractivity contribution is 5.98. The number of carbonyl (C=O) groups is 1. The standard InChI is InChI=1S/C20H21NO3/c1-5-23-20-10-16(11-21)6-7-19(20)24-12-18(22)17-9-14(3)13(2)8-15(17)4/h6-10H,5,12H2,1-4H3. The van der Waals surface area contributed by atoms with E-state index in [0.29, 0.717) is 29.2 Å². The van der Waals surface area contributed by atoms with Crippen LogP contribution in [0.1, 0.15) is 39.5 Å². The van der Waals surface area contributed by atoms with Gasteiger partial charge in [0, 0.05) is 11.6 Å². The number of ether oxygens (including phenoxy) is 2. The van der Waals surface area contributed by atoms with E-state index in [1.54, 1.807) is 18.2 Å². The van der Waals surface area contributed by atoms with Crippen LogP contribution in [0.3, 0.4) is 0 Å². The number of hydrogen-bond acceptors (Lipinski definition) is 4. The predicted molar refractivity (Wildman–Crippen MR) is 92.8 cm³/mol. The first-order chi connectivity index (χ1) is 11.5. The van der Waals surface area contributed by atoms with Gasteiger partial charge in [-0.05, 0) is 62.6 Å². The summed E-state index contributed by atoms with van der Waals surface area (Å²) < 4.78 is 11.1. The maximum Gasteiger partial charge on any atom is 0.200 e. The number of Topliss-reactive ketones (excluding diaryl/α,β-unsaturated/α-hetero) is 1. The third kappa shape index (κ3) is 3.94. The average molecular weight is 323 g/mol. The van der Waals surface area contributed by atoms with E-state index in [2.05, 4.69) is 6.07 Å². The van der Waals surface area contributed by atoms with Gasteiger partial charge in [0.1, 0.15) is 0 Å². The van der Waals surface area contributed by atoms with Crippen molar-refractivity contribution in [2.24, 2.45) is 0 Å². The molecule has 0 N–H and O–H groups in total. The van der Waals surface area contributed by atoms with Crippen molar-refractivity contribution in [3.05, 3.63) is 58.1 Å². The summed E-state index contributed by atoms with van der Waals surface area (Å²) in [6.07, 6.45) is 0. The van der Waals surface area contributed by atoms with Gasteiger partial charge in [0.05, 0.1) is 18.2 Å². The summed E-state index contributed by atoms with van der Waals surface area (Å²) >= 11 is 0. The van der Waals surface area contributed by atoms with Gasteiger partial charge < -0.3 is 9.47 Å². The molecule has 24 heavy (non-hydrogen) atoms. The number of rotatable bonds is 6. The molecule has 0 aliphatic rings. The lowest BCUT2D eigenvalue weighted by Crippen LogP contribution is -2.14. The van der Waals surface area contributed by atoms with Gasteiger partial charge in [0.15, 0.2) is 23.9 Å². The SMILES string of the molecule is CCOc1cc(C#N)ccc1OCC(=O)c1cc(C)c(C)cc1C. The van der Waals surface area contributed by atoms with Gasteiger partial charge in [-0.25, -0.2) is 0 Å². The van der Waals surface area contributed by atoms with Gasteiger partial charge in [0.2, 0.25) is 0 Å². The van der Waals surface area contributed by atoms with Gasteiger partial charge in [-0.2, -0.15) is 5.26 Å². The fraction of sp³-hybridized carbons (Fsp3) is 0.300. The maximum absolute atomic E-state index is 12.5.